The van der Waals surface area contributed by atoms with Crippen LogP contribution in [0.2, 0.25) is 0 Å². The monoisotopic (exact) mass is 320 g/mol. The standard InChI is InChI=1S/C14H13BrN2O2/c1-17(13-6-5-10(15)8-12(13)16)14(19)9-3-2-4-11(18)7-9/h2-8,18H,16H2,1H3. The smallest absolute Gasteiger partial charge is 0.258 e. The Morgan fingerprint density at radius 3 is 2.63 bits per heavy atom. The van der Waals surface area contributed by atoms with Crippen molar-refractivity contribution in [3.63, 3.8) is 0 Å². The van der Waals surface area contributed by atoms with E-state index < -0.39 is 0 Å². The summed E-state index contributed by atoms with van der Waals surface area (Å²) in [4.78, 5) is 13.7. The van der Waals surface area contributed by atoms with E-state index in [0.29, 0.717) is 16.9 Å². The molecule has 0 aromatic heterocycles. The molecule has 0 aliphatic carbocycles. The van der Waals surface area contributed by atoms with Crippen molar-refractivity contribution in [2.75, 3.05) is 17.7 Å². The average molecular weight is 321 g/mol. The molecule has 0 unspecified atom stereocenters. The third kappa shape index (κ3) is 2.88. The van der Waals surface area contributed by atoms with Gasteiger partial charge in [-0.15, -0.1) is 0 Å². The van der Waals surface area contributed by atoms with Gasteiger partial charge in [0.25, 0.3) is 5.91 Å². The normalized spacial score (nSPS) is 10.2. The molecule has 0 spiro atoms. The Morgan fingerprint density at radius 2 is 2.00 bits per heavy atom. The molecule has 5 heteroatoms. The van der Waals surface area contributed by atoms with E-state index in [1.54, 1.807) is 31.3 Å². The number of anilines is 2. The van der Waals surface area contributed by atoms with Crippen molar-refractivity contribution in [3.05, 3.63) is 52.5 Å². The summed E-state index contributed by atoms with van der Waals surface area (Å²) in [6.45, 7) is 0. The SMILES string of the molecule is CN(C(=O)c1cccc(O)c1)c1ccc(Br)cc1N. The molecule has 0 radical (unpaired) electrons. The number of nitrogens with zero attached hydrogens (tertiary/aromatic N) is 1. The summed E-state index contributed by atoms with van der Waals surface area (Å²) < 4.78 is 0.854. The Hall–Kier alpha value is -2.01. The molecule has 0 saturated heterocycles. The van der Waals surface area contributed by atoms with Crippen LogP contribution in [0.15, 0.2) is 46.9 Å². The Labute approximate surface area is 119 Å². The van der Waals surface area contributed by atoms with Crippen LogP contribution in [0.5, 0.6) is 5.75 Å². The van der Waals surface area contributed by atoms with Gasteiger partial charge in [-0.05, 0) is 36.4 Å². The average Bonchev–Trinajstić information content (AvgIpc) is 2.37. The molecule has 0 atom stereocenters. The fraction of sp³-hybridized carbons (Fsp3) is 0.0714. The summed E-state index contributed by atoms with van der Waals surface area (Å²) in [5, 5.41) is 9.40. The first-order valence-electron chi connectivity index (χ1n) is 5.61. The van der Waals surface area contributed by atoms with E-state index in [9.17, 15) is 9.90 Å². The maximum atomic E-state index is 12.3. The van der Waals surface area contributed by atoms with Crippen molar-refractivity contribution in [1.82, 2.24) is 0 Å². The summed E-state index contributed by atoms with van der Waals surface area (Å²) in [5.74, 6) is -0.173. The molecule has 2 rings (SSSR count). The van der Waals surface area contributed by atoms with Crippen LogP contribution in [0.4, 0.5) is 11.4 Å². The van der Waals surface area contributed by atoms with E-state index in [1.807, 2.05) is 6.07 Å². The number of hydrogen-bond donors (Lipinski definition) is 2. The lowest BCUT2D eigenvalue weighted by Gasteiger charge is -2.19. The molecule has 4 nitrogen and oxygen atoms in total. The number of nitrogens with two attached hydrogens (primary N) is 1. The second kappa shape index (κ2) is 5.32. The molecule has 0 heterocycles. The third-order valence-corrected chi connectivity index (χ3v) is 3.24. The van der Waals surface area contributed by atoms with Gasteiger partial charge < -0.3 is 15.7 Å². The zero-order valence-corrected chi connectivity index (χ0v) is 11.9. The molecule has 0 aliphatic heterocycles. The van der Waals surface area contributed by atoms with Crippen LogP contribution in [-0.4, -0.2) is 18.1 Å². The van der Waals surface area contributed by atoms with Gasteiger partial charge in [-0.2, -0.15) is 0 Å². The number of phenolic OH excluding ortho intramolecular Hbond substituents is 1. The molecular weight excluding hydrogens is 308 g/mol. The number of phenols is 1. The third-order valence-electron chi connectivity index (χ3n) is 2.75. The zero-order valence-electron chi connectivity index (χ0n) is 10.3. The molecule has 2 aromatic carbocycles. The predicted octanol–water partition coefficient (Wildman–Crippen LogP) is 3.01. The molecule has 3 N–H and O–H groups in total. The maximum Gasteiger partial charge on any atom is 0.258 e. The van der Waals surface area contributed by atoms with Crippen molar-refractivity contribution < 1.29 is 9.90 Å². The van der Waals surface area contributed by atoms with E-state index in [-0.39, 0.29) is 11.7 Å². The van der Waals surface area contributed by atoms with E-state index >= 15 is 0 Å². The minimum atomic E-state index is -0.232. The number of carbonyl (C=O) groups is 1. The second-order valence-corrected chi connectivity index (χ2v) is 5.03. The summed E-state index contributed by atoms with van der Waals surface area (Å²) in [6.07, 6.45) is 0. The van der Waals surface area contributed by atoms with Gasteiger partial charge in [0.05, 0.1) is 11.4 Å². The fourth-order valence-corrected chi connectivity index (χ4v) is 2.15. The highest BCUT2D eigenvalue weighted by atomic mass is 79.9. The highest BCUT2D eigenvalue weighted by molar-refractivity contribution is 9.10. The molecule has 1 amide bonds. The van der Waals surface area contributed by atoms with Crippen LogP contribution in [0, 0.1) is 0 Å². The molecule has 19 heavy (non-hydrogen) atoms. The van der Waals surface area contributed by atoms with Crippen molar-refractivity contribution >= 4 is 33.2 Å². The van der Waals surface area contributed by atoms with Crippen LogP contribution in [0.1, 0.15) is 10.4 Å². The summed E-state index contributed by atoms with van der Waals surface area (Å²) in [5.41, 5.74) is 7.43. The lowest BCUT2D eigenvalue weighted by atomic mass is 10.1. The van der Waals surface area contributed by atoms with Gasteiger partial charge in [0.1, 0.15) is 5.75 Å². The van der Waals surface area contributed by atoms with Gasteiger partial charge in [0, 0.05) is 17.1 Å². The fourth-order valence-electron chi connectivity index (χ4n) is 1.77. The first-order chi connectivity index (χ1) is 8.99. The zero-order chi connectivity index (χ0) is 14.0. The second-order valence-electron chi connectivity index (χ2n) is 4.12. The van der Waals surface area contributed by atoms with Crippen molar-refractivity contribution in [1.29, 1.82) is 0 Å². The molecule has 0 aliphatic rings. The van der Waals surface area contributed by atoms with Gasteiger partial charge in [0.15, 0.2) is 0 Å². The predicted molar refractivity (Wildman–Crippen MR) is 79.4 cm³/mol. The molecule has 0 saturated carbocycles. The Morgan fingerprint density at radius 1 is 1.26 bits per heavy atom. The number of amides is 1. The largest absolute Gasteiger partial charge is 0.508 e. The Kier molecular flexibility index (Phi) is 3.76. The van der Waals surface area contributed by atoms with Crippen molar-refractivity contribution in [2.45, 2.75) is 0 Å². The highest BCUT2D eigenvalue weighted by Crippen LogP contribution is 2.27. The number of benzene rings is 2. The molecule has 2 aromatic rings. The number of halogens is 1. The van der Waals surface area contributed by atoms with Crippen LogP contribution >= 0.6 is 15.9 Å². The summed E-state index contributed by atoms with van der Waals surface area (Å²) in [6, 6.07) is 11.5. The van der Waals surface area contributed by atoms with Gasteiger partial charge in [-0.25, -0.2) is 0 Å². The number of hydrogen-bond acceptors (Lipinski definition) is 3. The first kappa shape index (κ1) is 13.4. The maximum absolute atomic E-state index is 12.3. The minimum absolute atomic E-state index is 0.0584. The van der Waals surface area contributed by atoms with E-state index in [4.69, 9.17) is 5.73 Å². The topological polar surface area (TPSA) is 66.6 Å². The highest BCUT2D eigenvalue weighted by Gasteiger charge is 2.16. The van der Waals surface area contributed by atoms with Gasteiger partial charge in [0.2, 0.25) is 0 Å². The summed E-state index contributed by atoms with van der Waals surface area (Å²) in [7, 11) is 1.64. The van der Waals surface area contributed by atoms with Gasteiger partial charge in [-0.3, -0.25) is 4.79 Å². The number of nitrogen functional groups attached to an aromatic ring is 1. The Balaban J connectivity index is 2.33. The quantitative estimate of drug-likeness (QED) is 0.836. The molecule has 98 valence electrons. The number of aromatic hydroxyl groups is 1. The molecular formula is C14H13BrN2O2. The van der Waals surface area contributed by atoms with Gasteiger partial charge in [-0.1, -0.05) is 22.0 Å². The van der Waals surface area contributed by atoms with Crippen LogP contribution in [-0.2, 0) is 0 Å². The van der Waals surface area contributed by atoms with Crippen molar-refractivity contribution in [3.8, 4) is 5.75 Å². The van der Waals surface area contributed by atoms with Crippen LogP contribution < -0.4 is 10.6 Å². The van der Waals surface area contributed by atoms with E-state index in [2.05, 4.69) is 15.9 Å². The van der Waals surface area contributed by atoms with Crippen LogP contribution in [0.25, 0.3) is 0 Å². The van der Waals surface area contributed by atoms with Gasteiger partial charge >= 0.3 is 0 Å². The van der Waals surface area contributed by atoms with Crippen LogP contribution in [0.3, 0.4) is 0 Å². The molecule has 0 fully saturated rings. The van der Waals surface area contributed by atoms with E-state index in [1.165, 1.54) is 17.0 Å². The van der Waals surface area contributed by atoms with Crippen molar-refractivity contribution in [2.24, 2.45) is 0 Å². The minimum Gasteiger partial charge on any atom is -0.508 e. The lowest BCUT2D eigenvalue weighted by Crippen LogP contribution is -2.26. The number of carbonyl (C=O) groups excluding carboxylic acids is 1. The number of rotatable bonds is 2. The first-order valence-corrected chi connectivity index (χ1v) is 6.40. The Bertz CT molecular complexity index is 629. The summed E-state index contributed by atoms with van der Waals surface area (Å²) >= 11 is 3.32. The van der Waals surface area contributed by atoms with E-state index in [0.717, 1.165) is 4.47 Å². The molecule has 0 bridgehead atoms. The lowest BCUT2D eigenvalue weighted by molar-refractivity contribution is 0.0992.